The van der Waals surface area contributed by atoms with E-state index in [1.807, 2.05) is 0 Å². The second-order valence-corrected chi connectivity index (χ2v) is 5.98. The van der Waals surface area contributed by atoms with Crippen molar-refractivity contribution in [2.24, 2.45) is 10.4 Å². The van der Waals surface area contributed by atoms with Gasteiger partial charge in [0, 0.05) is 18.9 Å². The van der Waals surface area contributed by atoms with Crippen LogP contribution in [0.25, 0.3) is 0 Å². The highest BCUT2D eigenvalue weighted by molar-refractivity contribution is 5.81. The molecule has 1 atom stereocenters. The van der Waals surface area contributed by atoms with Crippen LogP contribution in [0.3, 0.4) is 0 Å². The molecule has 0 aromatic rings. The normalized spacial score (nSPS) is 28.2. The molecular weight excluding hydrogens is 210 g/mol. The molecule has 0 aliphatic carbocycles. The maximum Gasteiger partial charge on any atom is 0.0680 e. The lowest BCUT2D eigenvalue weighted by atomic mass is 9.84. The first-order chi connectivity index (χ1) is 7.95. The second kappa shape index (κ2) is 6.34. The van der Waals surface area contributed by atoms with Gasteiger partial charge in [-0.2, -0.15) is 0 Å². The van der Waals surface area contributed by atoms with E-state index >= 15 is 0 Å². The third-order valence-corrected chi connectivity index (χ3v) is 3.30. The Balaban J connectivity index is 2.96. The van der Waals surface area contributed by atoms with Crippen molar-refractivity contribution >= 4 is 6.21 Å². The zero-order valence-corrected chi connectivity index (χ0v) is 12.0. The molecule has 1 rings (SSSR count). The minimum absolute atomic E-state index is 0.147. The molecule has 0 saturated heterocycles. The lowest BCUT2D eigenvalue weighted by molar-refractivity contribution is 0.148. The van der Waals surface area contributed by atoms with Crippen molar-refractivity contribution in [1.29, 1.82) is 0 Å². The van der Waals surface area contributed by atoms with Gasteiger partial charge < -0.3 is 4.74 Å². The maximum atomic E-state index is 5.72. The summed E-state index contributed by atoms with van der Waals surface area (Å²) in [7, 11) is 0. The molecule has 1 aliphatic rings. The van der Waals surface area contributed by atoms with Gasteiger partial charge in [0.15, 0.2) is 0 Å². The molecule has 0 spiro atoms. The van der Waals surface area contributed by atoms with Gasteiger partial charge in [-0.3, -0.25) is 4.99 Å². The van der Waals surface area contributed by atoms with Gasteiger partial charge in [-0.1, -0.05) is 27.7 Å². The molecule has 0 fully saturated rings. The average Bonchev–Trinajstić information content (AvgIpc) is 2.24. The molecule has 0 bridgehead atoms. The summed E-state index contributed by atoms with van der Waals surface area (Å²) in [4.78, 5) is 4.76. The van der Waals surface area contributed by atoms with Crippen LogP contribution in [0.5, 0.6) is 0 Å². The highest BCUT2D eigenvalue weighted by Gasteiger charge is 2.19. The number of hydrogen-bond donors (Lipinski definition) is 0. The fourth-order valence-corrected chi connectivity index (χ4v) is 2.23. The van der Waals surface area contributed by atoms with Crippen molar-refractivity contribution in [3.63, 3.8) is 0 Å². The van der Waals surface area contributed by atoms with Gasteiger partial charge in [-0.25, -0.2) is 0 Å². The van der Waals surface area contributed by atoms with Crippen LogP contribution in [-0.4, -0.2) is 25.5 Å². The molecule has 0 aromatic heterocycles. The predicted molar refractivity (Wildman–Crippen MR) is 74.8 cm³/mol. The molecule has 2 nitrogen and oxygen atoms in total. The molecule has 1 aliphatic heterocycles. The van der Waals surface area contributed by atoms with Crippen LogP contribution in [0.1, 0.15) is 53.9 Å². The van der Waals surface area contributed by atoms with Crippen molar-refractivity contribution in [3.8, 4) is 0 Å². The maximum absolute atomic E-state index is 5.72. The molecular formula is C15H27NO. The van der Waals surface area contributed by atoms with E-state index in [-0.39, 0.29) is 5.41 Å². The molecule has 0 amide bonds. The minimum Gasteiger partial charge on any atom is -0.377 e. The largest absolute Gasteiger partial charge is 0.377 e. The molecule has 0 saturated carbocycles. The first-order valence-corrected chi connectivity index (χ1v) is 6.76. The fraction of sp³-hybridized carbons (Fsp3) is 0.800. The van der Waals surface area contributed by atoms with Gasteiger partial charge in [0.1, 0.15) is 0 Å². The Bertz CT molecular complexity index is 297. The lowest BCUT2D eigenvalue weighted by Crippen LogP contribution is -2.17. The minimum atomic E-state index is 0.147. The zero-order valence-electron chi connectivity index (χ0n) is 12.0. The van der Waals surface area contributed by atoms with Crippen molar-refractivity contribution in [2.75, 3.05) is 13.2 Å². The van der Waals surface area contributed by atoms with Crippen molar-refractivity contribution < 1.29 is 4.74 Å². The highest BCUT2D eigenvalue weighted by atomic mass is 16.5. The van der Waals surface area contributed by atoms with Crippen LogP contribution in [0.2, 0.25) is 0 Å². The third-order valence-electron chi connectivity index (χ3n) is 3.30. The predicted octanol–water partition coefficient (Wildman–Crippen LogP) is 4.01. The van der Waals surface area contributed by atoms with Gasteiger partial charge in [-0.15, -0.1) is 0 Å². The molecule has 1 unspecified atom stereocenters. The summed E-state index contributed by atoms with van der Waals surface area (Å²) in [5.74, 6) is 0. The number of ether oxygens (including phenoxy) is 1. The Morgan fingerprint density at radius 3 is 2.71 bits per heavy atom. The van der Waals surface area contributed by atoms with Crippen LogP contribution in [0.4, 0.5) is 0 Å². The Hall–Kier alpha value is -0.630. The Morgan fingerprint density at radius 2 is 2.12 bits per heavy atom. The fourth-order valence-electron chi connectivity index (χ4n) is 2.23. The smallest absolute Gasteiger partial charge is 0.0680 e. The van der Waals surface area contributed by atoms with Gasteiger partial charge in [0.25, 0.3) is 0 Å². The summed E-state index contributed by atoms with van der Waals surface area (Å²) < 4.78 is 5.72. The number of allylic oxidation sites excluding steroid dienone is 1. The van der Waals surface area contributed by atoms with Crippen LogP contribution < -0.4 is 0 Å². The van der Waals surface area contributed by atoms with E-state index in [1.165, 1.54) is 11.1 Å². The van der Waals surface area contributed by atoms with Crippen molar-refractivity contribution in [3.05, 3.63) is 11.1 Å². The summed E-state index contributed by atoms with van der Waals surface area (Å²) in [5.41, 5.74) is 2.80. The first kappa shape index (κ1) is 14.4. The summed E-state index contributed by atoms with van der Waals surface area (Å²) >= 11 is 0. The summed E-state index contributed by atoms with van der Waals surface area (Å²) in [6.45, 7) is 12.7. The SMILES string of the molecule is CCC1CCCOC/C(C)=C(\C(C)(C)C)C=N1. The lowest BCUT2D eigenvalue weighted by Gasteiger charge is -2.24. The molecule has 1 heterocycles. The van der Waals surface area contributed by atoms with Crippen molar-refractivity contribution in [2.45, 2.75) is 59.9 Å². The van der Waals surface area contributed by atoms with E-state index in [1.54, 1.807) is 0 Å². The summed E-state index contributed by atoms with van der Waals surface area (Å²) in [6, 6.07) is 0.460. The molecule has 2 heteroatoms. The quantitative estimate of drug-likeness (QED) is 0.675. The van der Waals surface area contributed by atoms with Crippen LogP contribution in [-0.2, 0) is 4.74 Å². The number of rotatable bonds is 1. The van der Waals surface area contributed by atoms with E-state index in [2.05, 4.69) is 40.8 Å². The second-order valence-electron chi connectivity index (χ2n) is 5.98. The number of hydrogen-bond acceptors (Lipinski definition) is 2. The third kappa shape index (κ3) is 4.63. The van der Waals surface area contributed by atoms with Gasteiger partial charge in [-0.05, 0) is 42.7 Å². The molecule has 98 valence electrons. The topological polar surface area (TPSA) is 21.6 Å². The standard InChI is InChI=1S/C15H27NO/c1-6-13-8-7-9-17-11-12(2)14(10-16-13)15(3,4)5/h10,13H,6-9,11H2,1-5H3/b14-12-,16-10?. The van der Waals surface area contributed by atoms with E-state index in [4.69, 9.17) is 9.73 Å². The average molecular weight is 237 g/mol. The molecule has 0 N–H and O–H groups in total. The van der Waals surface area contributed by atoms with E-state index in [0.29, 0.717) is 6.04 Å². The van der Waals surface area contributed by atoms with Gasteiger partial charge in [0.05, 0.1) is 6.61 Å². The van der Waals surface area contributed by atoms with E-state index in [9.17, 15) is 0 Å². The molecule has 0 aromatic carbocycles. The monoisotopic (exact) mass is 237 g/mol. The Morgan fingerprint density at radius 1 is 1.41 bits per heavy atom. The van der Waals surface area contributed by atoms with E-state index < -0.39 is 0 Å². The molecule has 0 radical (unpaired) electrons. The van der Waals surface area contributed by atoms with Crippen LogP contribution in [0.15, 0.2) is 16.1 Å². The zero-order chi connectivity index (χ0) is 12.9. The summed E-state index contributed by atoms with van der Waals surface area (Å²) in [6.07, 6.45) is 5.47. The van der Waals surface area contributed by atoms with Crippen molar-refractivity contribution in [1.82, 2.24) is 0 Å². The summed E-state index contributed by atoms with van der Waals surface area (Å²) in [5, 5.41) is 0. The highest BCUT2D eigenvalue weighted by Crippen LogP contribution is 2.27. The first-order valence-electron chi connectivity index (χ1n) is 6.76. The number of nitrogens with zero attached hydrogens (tertiary/aromatic N) is 1. The van der Waals surface area contributed by atoms with Crippen LogP contribution in [0, 0.1) is 5.41 Å². The Labute approximate surface area is 106 Å². The van der Waals surface area contributed by atoms with Gasteiger partial charge >= 0.3 is 0 Å². The van der Waals surface area contributed by atoms with Gasteiger partial charge in [0.2, 0.25) is 0 Å². The Kier molecular flexibility index (Phi) is 5.38. The van der Waals surface area contributed by atoms with E-state index in [0.717, 1.165) is 32.5 Å². The molecule has 17 heavy (non-hydrogen) atoms. The van der Waals surface area contributed by atoms with Crippen LogP contribution >= 0.6 is 0 Å². The number of aliphatic imine (C=N–C) groups is 1.